The van der Waals surface area contributed by atoms with Crippen molar-refractivity contribution in [1.82, 2.24) is 19.2 Å². The molecule has 0 atom stereocenters. The second-order valence-electron chi connectivity index (χ2n) is 8.40. The van der Waals surface area contributed by atoms with Gasteiger partial charge in [0.25, 0.3) is 5.69 Å². The van der Waals surface area contributed by atoms with Gasteiger partial charge in [-0.15, -0.1) is 0 Å². The zero-order valence-electron chi connectivity index (χ0n) is 18.9. The molecule has 0 fully saturated rings. The number of non-ortho nitro benzene ring substituents is 1. The normalized spacial score (nSPS) is 12.9. The number of rotatable bonds is 5. The molecule has 0 saturated carbocycles. The lowest BCUT2D eigenvalue weighted by Gasteiger charge is -2.16. The molecule has 2 aromatic carbocycles. The molecule has 2 aromatic heterocycles. The molecule has 5 rings (SSSR count). The number of nitro benzene ring substituents is 1. The first kappa shape index (κ1) is 21.4. The second kappa shape index (κ2) is 8.47. The Morgan fingerprint density at radius 3 is 2.44 bits per heavy atom. The van der Waals surface area contributed by atoms with E-state index < -0.39 is 4.92 Å². The van der Waals surface area contributed by atoms with Gasteiger partial charge < -0.3 is 9.47 Å². The summed E-state index contributed by atoms with van der Waals surface area (Å²) in [6, 6.07) is 16.3. The van der Waals surface area contributed by atoms with Crippen LogP contribution in [-0.2, 0) is 17.9 Å². The smallest absolute Gasteiger partial charge is 0.269 e. The largest absolute Gasteiger partial charge is 0.329 e. The minimum atomic E-state index is -0.445. The number of hydrogen-bond donors (Lipinski definition) is 0. The minimum absolute atomic E-state index is 0.0201. The Labute approximate surface area is 196 Å². The Kier molecular flexibility index (Phi) is 5.33. The molecule has 34 heavy (non-hydrogen) atoms. The number of carbonyl (C=O) groups is 1. The Bertz CT molecular complexity index is 1420. The summed E-state index contributed by atoms with van der Waals surface area (Å²) >= 11 is 0. The van der Waals surface area contributed by atoms with Gasteiger partial charge in [0.1, 0.15) is 5.82 Å². The van der Waals surface area contributed by atoms with Crippen molar-refractivity contribution in [2.24, 2.45) is 0 Å². The molecule has 8 nitrogen and oxygen atoms in total. The lowest BCUT2D eigenvalue weighted by atomic mass is 10.1. The van der Waals surface area contributed by atoms with E-state index in [-0.39, 0.29) is 11.6 Å². The van der Waals surface area contributed by atoms with Gasteiger partial charge in [-0.1, -0.05) is 6.07 Å². The van der Waals surface area contributed by atoms with Gasteiger partial charge in [0.2, 0.25) is 5.91 Å². The maximum absolute atomic E-state index is 12.9. The summed E-state index contributed by atoms with van der Waals surface area (Å²) in [5, 5.41) is 15.7. The Morgan fingerprint density at radius 2 is 1.76 bits per heavy atom. The van der Waals surface area contributed by atoms with Crippen LogP contribution in [0.4, 0.5) is 5.69 Å². The van der Waals surface area contributed by atoms with Gasteiger partial charge in [0.05, 0.1) is 29.4 Å². The lowest BCUT2D eigenvalue weighted by Crippen LogP contribution is -2.24. The number of aromatic nitrogens is 3. The number of benzene rings is 2. The highest BCUT2D eigenvalue weighted by Crippen LogP contribution is 2.31. The number of nitrogens with zero attached hydrogens (tertiary/aromatic N) is 5. The van der Waals surface area contributed by atoms with E-state index >= 15 is 0 Å². The fourth-order valence-corrected chi connectivity index (χ4v) is 4.12. The van der Waals surface area contributed by atoms with Crippen LogP contribution in [0.15, 0.2) is 73.1 Å². The van der Waals surface area contributed by atoms with Gasteiger partial charge in [0.15, 0.2) is 0 Å². The Balaban J connectivity index is 1.41. The lowest BCUT2D eigenvalue weighted by molar-refractivity contribution is -0.384. The standard InChI is InChI=1S/C26H23N5O3/c1-18-5-9-22(15-19(18)2)30-26(28-13-3-4-14-28)23-16-29(17-24(23)27-30)25(32)12-8-20-6-10-21(11-7-20)31(33)34/h3-15H,16-17H2,1-2H3. The van der Waals surface area contributed by atoms with Crippen molar-refractivity contribution in [3.8, 4) is 11.5 Å². The number of hydrogen-bond acceptors (Lipinski definition) is 4. The van der Waals surface area contributed by atoms with Crippen molar-refractivity contribution in [3.05, 3.63) is 111 Å². The maximum atomic E-state index is 12.9. The molecule has 0 spiro atoms. The third-order valence-corrected chi connectivity index (χ3v) is 6.15. The van der Waals surface area contributed by atoms with Crippen molar-refractivity contribution in [2.45, 2.75) is 26.9 Å². The molecule has 3 heterocycles. The number of fused-ring (bicyclic) bond motifs is 1. The molecular formula is C26H23N5O3. The van der Waals surface area contributed by atoms with E-state index in [2.05, 4.69) is 32.0 Å². The highest BCUT2D eigenvalue weighted by molar-refractivity contribution is 5.92. The molecule has 0 unspecified atom stereocenters. The van der Waals surface area contributed by atoms with Gasteiger partial charge in [-0.25, -0.2) is 4.68 Å². The molecule has 0 aliphatic carbocycles. The van der Waals surface area contributed by atoms with Crippen LogP contribution in [0.3, 0.4) is 0 Å². The number of carbonyl (C=O) groups excluding carboxylic acids is 1. The average Bonchev–Trinajstić information content (AvgIpc) is 3.56. The first-order valence-electron chi connectivity index (χ1n) is 10.9. The monoisotopic (exact) mass is 453 g/mol. The quantitative estimate of drug-likeness (QED) is 0.248. The summed E-state index contributed by atoms with van der Waals surface area (Å²) in [5.41, 5.74) is 6.04. The van der Waals surface area contributed by atoms with Crippen LogP contribution in [0.1, 0.15) is 27.9 Å². The second-order valence-corrected chi connectivity index (χ2v) is 8.40. The van der Waals surface area contributed by atoms with Crippen molar-refractivity contribution in [3.63, 3.8) is 0 Å². The van der Waals surface area contributed by atoms with E-state index in [1.54, 1.807) is 23.1 Å². The summed E-state index contributed by atoms with van der Waals surface area (Å²) in [6.07, 6.45) is 7.13. The molecule has 1 aliphatic rings. The van der Waals surface area contributed by atoms with E-state index in [9.17, 15) is 14.9 Å². The van der Waals surface area contributed by atoms with Crippen molar-refractivity contribution < 1.29 is 9.72 Å². The number of aryl methyl sites for hydroxylation is 2. The molecule has 0 bridgehead atoms. The van der Waals surface area contributed by atoms with Crippen LogP contribution in [0.5, 0.6) is 0 Å². The minimum Gasteiger partial charge on any atom is -0.329 e. The summed E-state index contributed by atoms with van der Waals surface area (Å²) in [7, 11) is 0. The van der Waals surface area contributed by atoms with E-state index in [4.69, 9.17) is 5.10 Å². The molecule has 8 heteroatoms. The average molecular weight is 454 g/mol. The van der Waals surface area contributed by atoms with Gasteiger partial charge in [0, 0.05) is 36.2 Å². The van der Waals surface area contributed by atoms with E-state index in [0.717, 1.165) is 28.3 Å². The van der Waals surface area contributed by atoms with Crippen molar-refractivity contribution in [1.29, 1.82) is 0 Å². The molecule has 170 valence electrons. The van der Waals surface area contributed by atoms with Crippen LogP contribution in [-0.4, -0.2) is 30.1 Å². The number of amides is 1. The van der Waals surface area contributed by atoms with Gasteiger partial charge >= 0.3 is 0 Å². The van der Waals surface area contributed by atoms with Crippen molar-refractivity contribution >= 4 is 17.7 Å². The molecule has 1 amide bonds. The third kappa shape index (κ3) is 3.90. The zero-order valence-corrected chi connectivity index (χ0v) is 18.9. The first-order valence-corrected chi connectivity index (χ1v) is 10.9. The van der Waals surface area contributed by atoms with Crippen LogP contribution >= 0.6 is 0 Å². The summed E-state index contributed by atoms with van der Waals surface area (Å²) in [4.78, 5) is 25.0. The predicted octanol–water partition coefficient (Wildman–Crippen LogP) is 4.74. The van der Waals surface area contributed by atoms with Gasteiger partial charge in [-0.05, 0) is 73.0 Å². The fourth-order valence-electron chi connectivity index (χ4n) is 4.12. The summed E-state index contributed by atoms with van der Waals surface area (Å²) < 4.78 is 3.98. The SMILES string of the molecule is Cc1ccc(-n2nc3c(c2-n2cccc2)CN(C(=O)C=Cc2ccc([N+](=O)[O-])cc2)C3)cc1C. The van der Waals surface area contributed by atoms with Gasteiger partial charge in [-0.2, -0.15) is 5.10 Å². The highest BCUT2D eigenvalue weighted by Gasteiger charge is 2.30. The van der Waals surface area contributed by atoms with Gasteiger partial charge in [-0.3, -0.25) is 14.9 Å². The van der Waals surface area contributed by atoms with Crippen LogP contribution < -0.4 is 0 Å². The topological polar surface area (TPSA) is 86.2 Å². The van der Waals surface area contributed by atoms with E-state index in [0.29, 0.717) is 13.1 Å². The molecular weight excluding hydrogens is 430 g/mol. The van der Waals surface area contributed by atoms with E-state index in [1.807, 2.05) is 33.8 Å². The van der Waals surface area contributed by atoms with Crippen molar-refractivity contribution in [2.75, 3.05) is 0 Å². The summed E-state index contributed by atoms with van der Waals surface area (Å²) in [5.74, 6) is 0.797. The first-order chi connectivity index (χ1) is 16.4. The molecule has 1 aliphatic heterocycles. The fraction of sp³-hybridized carbons (Fsp3) is 0.154. The van der Waals surface area contributed by atoms with Crippen LogP contribution in [0.25, 0.3) is 17.6 Å². The molecule has 0 radical (unpaired) electrons. The predicted molar refractivity (Wildman–Crippen MR) is 129 cm³/mol. The van der Waals surface area contributed by atoms with Crippen LogP contribution in [0.2, 0.25) is 0 Å². The maximum Gasteiger partial charge on any atom is 0.269 e. The zero-order chi connectivity index (χ0) is 23.8. The Hall–Kier alpha value is -4.46. The highest BCUT2D eigenvalue weighted by atomic mass is 16.6. The molecule has 4 aromatic rings. The van der Waals surface area contributed by atoms with E-state index in [1.165, 1.54) is 29.3 Å². The third-order valence-electron chi connectivity index (χ3n) is 6.15. The van der Waals surface area contributed by atoms with Crippen LogP contribution in [0, 0.1) is 24.0 Å². The molecule has 0 saturated heterocycles. The Morgan fingerprint density at radius 1 is 1.03 bits per heavy atom. The summed E-state index contributed by atoms with van der Waals surface area (Å²) in [6.45, 7) is 5.05. The number of nitro groups is 1. The molecule has 0 N–H and O–H groups in total.